The number of aromatic nitrogens is 2. The predicted molar refractivity (Wildman–Crippen MR) is 104 cm³/mol. The molecule has 0 bridgehead atoms. The van der Waals surface area contributed by atoms with E-state index in [0.29, 0.717) is 17.7 Å². The number of nitrogens with zero attached hydrogens (tertiary/aromatic N) is 1. The van der Waals surface area contributed by atoms with Gasteiger partial charge < -0.3 is 9.26 Å². The van der Waals surface area contributed by atoms with Gasteiger partial charge in [-0.15, -0.1) is 0 Å². The summed E-state index contributed by atoms with van der Waals surface area (Å²) in [5, 5.41) is -2.21. The van der Waals surface area contributed by atoms with Gasteiger partial charge in [0.2, 0.25) is 0 Å². The molecule has 2 aliphatic rings. The van der Waals surface area contributed by atoms with Gasteiger partial charge in [-0.05, 0) is 18.9 Å². The third kappa shape index (κ3) is 4.11. The van der Waals surface area contributed by atoms with E-state index in [1.165, 1.54) is 0 Å². The van der Waals surface area contributed by atoms with Gasteiger partial charge in [0.25, 0.3) is 5.56 Å². The first-order chi connectivity index (χ1) is 13.7. The van der Waals surface area contributed by atoms with Crippen molar-refractivity contribution in [2.24, 2.45) is 0 Å². The quantitative estimate of drug-likeness (QED) is 0.575. The highest BCUT2D eigenvalue weighted by atomic mass is 35.5. The Hall–Kier alpha value is -1.77. The van der Waals surface area contributed by atoms with Crippen molar-refractivity contribution in [2.45, 2.75) is 37.2 Å². The summed E-state index contributed by atoms with van der Waals surface area (Å²) < 4.78 is 35.6. The van der Waals surface area contributed by atoms with Crippen LogP contribution < -0.4 is 15.8 Å². The van der Waals surface area contributed by atoms with Crippen molar-refractivity contribution >= 4 is 35.1 Å². The number of nitrogens with one attached hydrogen (secondary N) is 1. The molecule has 0 aliphatic carbocycles. The van der Waals surface area contributed by atoms with Crippen LogP contribution in [0, 0.1) is 0 Å². The molecule has 9 nitrogen and oxygen atoms in total. The van der Waals surface area contributed by atoms with Crippen LogP contribution in [0.4, 0.5) is 0 Å². The molecular formula is C16H14B2ClN2O7P. The Balaban J connectivity index is 1.49. The van der Waals surface area contributed by atoms with Crippen LogP contribution in [0.15, 0.2) is 40.1 Å². The van der Waals surface area contributed by atoms with Gasteiger partial charge in [-0.25, -0.2) is 9.36 Å². The average Bonchev–Trinajstić information content (AvgIpc) is 3.15. The number of hydrogen-bond acceptors (Lipinski definition) is 7. The fraction of sp³-hybridized carbons (Fsp3) is 0.375. The van der Waals surface area contributed by atoms with Crippen LogP contribution in [0.3, 0.4) is 0 Å². The molecular weight excluding hydrogens is 420 g/mol. The van der Waals surface area contributed by atoms with Crippen molar-refractivity contribution in [2.75, 3.05) is 0 Å². The van der Waals surface area contributed by atoms with E-state index in [9.17, 15) is 14.2 Å². The van der Waals surface area contributed by atoms with Crippen molar-refractivity contribution in [1.82, 2.24) is 9.55 Å². The van der Waals surface area contributed by atoms with Crippen molar-refractivity contribution in [3.05, 3.63) is 61.9 Å². The molecule has 3 atom stereocenters. The molecule has 1 aromatic carbocycles. The van der Waals surface area contributed by atoms with Crippen molar-refractivity contribution in [3.63, 3.8) is 0 Å². The molecule has 148 valence electrons. The molecule has 4 rings (SSSR count). The number of benzene rings is 1. The normalized spacial score (nSPS) is 26.7. The highest BCUT2D eigenvalue weighted by molar-refractivity contribution is 7.49. The van der Waals surface area contributed by atoms with E-state index in [4.69, 9.17) is 45.6 Å². The van der Waals surface area contributed by atoms with E-state index in [-0.39, 0.29) is 18.1 Å². The summed E-state index contributed by atoms with van der Waals surface area (Å²) in [5.74, 6) is 0.345. The minimum absolute atomic E-state index is 0.00293. The highest BCUT2D eigenvalue weighted by Crippen LogP contribution is 2.57. The summed E-state index contributed by atoms with van der Waals surface area (Å²) in [6.07, 6.45) is 0.0169. The highest BCUT2D eigenvalue weighted by Gasteiger charge is 2.45. The van der Waals surface area contributed by atoms with E-state index >= 15 is 0 Å². The van der Waals surface area contributed by atoms with Gasteiger partial charge >= 0.3 is 13.5 Å². The molecule has 4 radical (unpaired) electrons. The van der Waals surface area contributed by atoms with E-state index in [1.54, 1.807) is 24.3 Å². The maximum Gasteiger partial charge on any atom is 0.529 e. The first kappa shape index (κ1) is 20.5. The summed E-state index contributed by atoms with van der Waals surface area (Å²) >= 11 is 5.78. The van der Waals surface area contributed by atoms with Crippen LogP contribution in [0.1, 0.15) is 24.6 Å². The lowest BCUT2D eigenvalue weighted by Gasteiger charge is -2.36. The van der Waals surface area contributed by atoms with E-state index in [2.05, 4.69) is 4.98 Å². The molecule has 3 unspecified atom stereocenters. The van der Waals surface area contributed by atoms with Crippen LogP contribution in [-0.4, -0.2) is 36.7 Å². The second kappa shape index (κ2) is 7.49. The Labute approximate surface area is 172 Å². The van der Waals surface area contributed by atoms with Gasteiger partial charge in [0, 0.05) is 17.2 Å². The standard InChI is InChI=1S/C16H14B2ClN2O7P/c17-16(18,28-29(24)25-8-9-3-1-2-4-11(9)27-29)12-5-6-13(26-12)21-7-10(19)14(22)20-15(21)23/h1-4,7,12-13H,5-6,8H2,(H,20,22,23). The Bertz CT molecular complexity index is 1110. The molecule has 1 saturated heterocycles. The first-order valence-electron chi connectivity index (χ1n) is 8.64. The minimum atomic E-state index is -4.10. The SMILES string of the molecule is [B]C([B])(OP1(=O)OCc2ccccc2O1)C1CCC(n2cc(Cl)c(=O)[nH]c2=O)O1. The van der Waals surface area contributed by atoms with Crippen molar-refractivity contribution < 1.29 is 22.9 Å². The molecule has 1 fully saturated rings. The van der Waals surface area contributed by atoms with Crippen LogP contribution in [-0.2, 0) is 25.0 Å². The van der Waals surface area contributed by atoms with Gasteiger partial charge in [0.1, 0.15) is 32.7 Å². The number of aromatic amines is 1. The molecule has 29 heavy (non-hydrogen) atoms. The number of phosphoric acid groups is 1. The second-order valence-corrected chi connectivity index (χ2v) is 8.59. The van der Waals surface area contributed by atoms with Crippen LogP contribution in [0.25, 0.3) is 0 Å². The van der Waals surface area contributed by atoms with Gasteiger partial charge in [0.15, 0.2) is 0 Å². The number of hydrogen-bond donors (Lipinski definition) is 1. The number of rotatable bonds is 4. The van der Waals surface area contributed by atoms with Crippen molar-refractivity contribution in [1.29, 1.82) is 0 Å². The topological polar surface area (TPSA) is 109 Å². The zero-order chi connectivity index (χ0) is 20.8. The number of para-hydroxylation sites is 1. The molecule has 0 spiro atoms. The largest absolute Gasteiger partial charge is 0.529 e. The molecule has 13 heteroatoms. The predicted octanol–water partition coefficient (Wildman–Crippen LogP) is 1.59. The lowest BCUT2D eigenvalue weighted by Crippen LogP contribution is -2.46. The summed E-state index contributed by atoms with van der Waals surface area (Å²) in [7, 11) is 7.93. The zero-order valence-electron chi connectivity index (χ0n) is 14.9. The minimum Gasteiger partial charge on any atom is -0.404 e. The number of fused-ring (bicyclic) bond motifs is 1. The van der Waals surface area contributed by atoms with E-state index in [0.717, 1.165) is 10.8 Å². The lowest BCUT2D eigenvalue weighted by molar-refractivity contribution is -0.0514. The van der Waals surface area contributed by atoms with Gasteiger partial charge in [0.05, 0.1) is 12.7 Å². The fourth-order valence-electron chi connectivity index (χ4n) is 3.14. The molecule has 1 N–H and O–H groups in total. The Kier molecular flexibility index (Phi) is 5.29. The third-order valence-electron chi connectivity index (χ3n) is 4.57. The number of H-pyrrole nitrogens is 1. The van der Waals surface area contributed by atoms with Crippen molar-refractivity contribution in [3.8, 4) is 5.75 Å². The number of halogens is 1. The zero-order valence-corrected chi connectivity index (χ0v) is 16.6. The maximum atomic E-state index is 12.9. The summed E-state index contributed by atoms with van der Waals surface area (Å²) in [4.78, 5) is 25.5. The Morgan fingerprint density at radius 1 is 1.28 bits per heavy atom. The second-order valence-electron chi connectivity index (χ2n) is 6.66. The van der Waals surface area contributed by atoms with Crippen LogP contribution in [0.5, 0.6) is 5.75 Å². The van der Waals surface area contributed by atoms with Gasteiger partial charge in [-0.1, -0.05) is 29.8 Å². The van der Waals surface area contributed by atoms with E-state index < -0.39 is 36.8 Å². The Morgan fingerprint density at radius 2 is 2.03 bits per heavy atom. The summed E-state index contributed by atoms with van der Waals surface area (Å²) in [5.41, 5.74) is -0.703. The molecule has 2 aliphatic heterocycles. The first-order valence-corrected chi connectivity index (χ1v) is 10.5. The average molecular weight is 434 g/mol. The molecule has 2 aromatic rings. The third-order valence-corrected chi connectivity index (χ3v) is 6.24. The van der Waals surface area contributed by atoms with Crippen LogP contribution >= 0.6 is 19.4 Å². The van der Waals surface area contributed by atoms with E-state index in [1.807, 2.05) is 0 Å². The summed E-state index contributed by atoms with van der Waals surface area (Å²) in [6.45, 7) is 0.00293. The molecule has 0 saturated carbocycles. The molecule has 3 heterocycles. The summed E-state index contributed by atoms with van der Waals surface area (Å²) in [6, 6.07) is 6.88. The smallest absolute Gasteiger partial charge is 0.404 e. The van der Waals surface area contributed by atoms with Crippen LogP contribution in [0.2, 0.25) is 5.02 Å². The fourth-order valence-corrected chi connectivity index (χ4v) is 4.65. The lowest BCUT2D eigenvalue weighted by atomic mass is 9.61. The van der Waals surface area contributed by atoms with Gasteiger partial charge in [-0.3, -0.25) is 23.4 Å². The monoisotopic (exact) mass is 434 g/mol. The Morgan fingerprint density at radius 3 is 2.83 bits per heavy atom. The molecule has 0 amide bonds. The molecule has 1 aromatic heterocycles. The maximum absolute atomic E-state index is 12.9. The number of ether oxygens (including phenoxy) is 1. The van der Waals surface area contributed by atoms with Gasteiger partial charge in [-0.2, -0.15) is 0 Å². The number of phosphoric ester groups is 1.